The van der Waals surface area contributed by atoms with Crippen LogP contribution in [0, 0.1) is 6.92 Å². The SMILES string of the molecule is C=CC(=O)NNc1nc(Nc2ncc(C(=O)Nc3c(C)cccc3Cl)s2)nc(N2CCN(C(=O)NC)CC2)n1. The maximum atomic E-state index is 12.8. The second kappa shape index (κ2) is 12.4. The van der Waals surface area contributed by atoms with Gasteiger partial charge in [-0.05, 0) is 24.6 Å². The number of carbonyl (C=O) groups excluding carboxylic acids is 3. The lowest BCUT2D eigenvalue weighted by Gasteiger charge is -2.34. The smallest absolute Gasteiger partial charge is 0.317 e. The van der Waals surface area contributed by atoms with Crippen LogP contribution in [0.15, 0.2) is 37.1 Å². The van der Waals surface area contributed by atoms with Crippen molar-refractivity contribution >= 4 is 69.4 Å². The van der Waals surface area contributed by atoms with Crippen molar-refractivity contribution in [2.75, 3.05) is 54.2 Å². The quantitative estimate of drug-likeness (QED) is 0.200. The average molecular weight is 572 g/mol. The van der Waals surface area contributed by atoms with Crippen molar-refractivity contribution in [2.45, 2.75) is 6.92 Å². The molecule has 3 heterocycles. The van der Waals surface area contributed by atoms with Gasteiger partial charge in [0.15, 0.2) is 5.13 Å². The summed E-state index contributed by atoms with van der Waals surface area (Å²) >= 11 is 7.32. The van der Waals surface area contributed by atoms with E-state index in [1.54, 1.807) is 24.1 Å². The molecule has 1 saturated heterocycles. The first kappa shape index (κ1) is 27.5. The van der Waals surface area contributed by atoms with Gasteiger partial charge in [-0.2, -0.15) is 15.0 Å². The molecule has 4 rings (SSSR count). The molecule has 204 valence electrons. The summed E-state index contributed by atoms with van der Waals surface area (Å²) < 4.78 is 0. The molecule has 5 N–H and O–H groups in total. The fourth-order valence-corrected chi connectivity index (χ4v) is 4.53. The van der Waals surface area contributed by atoms with E-state index in [-0.39, 0.29) is 23.8 Å². The largest absolute Gasteiger partial charge is 0.341 e. The number of aryl methyl sites for hydroxylation is 1. The van der Waals surface area contributed by atoms with E-state index >= 15 is 0 Å². The molecule has 16 heteroatoms. The van der Waals surface area contributed by atoms with Gasteiger partial charge in [-0.1, -0.05) is 41.6 Å². The van der Waals surface area contributed by atoms with Crippen LogP contribution in [0.5, 0.6) is 0 Å². The summed E-state index contributed by atoms with van der Waals surface area (Å²) in [5.74, 6) is -0.322. The number of amides is 4. The number of halogens is 1. The van der Waals surface area contributed by atoms with Gasteiger partial charge in [0.25, 0.3) is 11.8 Å². The molecule has 0 bridgehead atoms. The zero-order chi connectivity index (χ0) is 27.9. The van der Waals surface area contributed by atoms with Crippen LogP contribution in [0.4, 0.5) is 33.5 Å². The van der Waals surface area contributed by atoms with E-state index in [2.05, 4.69) is 53.3 Å². The lowest BCUT2D eigenvalue weighted by atomic mass is 10.2. The van der Waals surface area contributed by atoms with Crippen molar-refractivity contribution in [3.8, 4) is 0 Å². The van der Waals surface area contributed by atoms with E-state index in [0.717, 1.165) is 23.0 Å². The van der Waals surface area contributed by atoms with Crippen LogP contribution in [0.3, 0.4) is 0 Å². The molecule has 1 aliphatic heterocycles. The number of rotatable bonds is 8. The molecule has 0 saturated carbocycles. The van der Waals surface area contributed by atoms with Crippen molar-refractivity contribution < 1.29 is 14.4 Å². The molecule has 0 radical (unpaired) electrons. The first-order valence-electron chi connectivity index (χ1n) is 11.7. The average Bonchev–Trinajstić information content (AvgIpc) is 3.41. The van der Waals surface area contributed by atoms with Crippen LogP contribution < -0.4 is 31.7 Å². The van der Waals surface area contributed by atoms with Crippen molar-refractivity contribution in [3.05, 3.63) is 52.5 Å². The number of para-hydroxylation sites is 1. The molecule has 1 fully saturated rings. The minimum atomic E-state index is -0.477. The lowest BCUT2D eigenvalue weighted by Crippen LogP contribution is -2.51. The summed E-state index contributed by atoms with van der Waals surface area (Å²) in [5.41, 5.74) is 6.40. The van der Waals surface area contributed by atoms with E-state index in [1.807, 2.05) is 17.9 Å². The molecular formula is C23H26ClN11O3S. The third-order valence-corrected chi connectivity index (χ3v) is 6.81. The highest BCUT2D eigenvalue weighted by atomic mass is 35.5. The van der Waals surface area contributed by atoms with Gasteiger partial charge in [-0.15, -0.1) is 0 Å². The Balaban J connectivity index is 1.51. The monoisotopic (exact) mass is 571 g/mol. The Bertz CT molecular complexity index is 1370. The molecule has 0 unspecified atom stereocenters. The van der Waals surface area contributed by atoms with Crippen LogP contribution in [-0.2, 0) is 4.79 Å². The maximum Gasteiger partial charge on any atom is 0.317 e. The van der Waals surface area contributed by atoms with Crippen LogP contribution >= 0.6 is 22.9 Å². The van der Waals surface area contributed by atoms with Crippen LogP contribution in [0.1, 0.15) is 15.2 Å². The van der Waals surface area contributed by atoms with Gasteiger partial charge < -0.3 is 20.4 Å². The predicted molar refractivity (Wildman–Crippen MR) is 150 cm³/mol. The Kier molecular flexibility index (Phi) is 8.73. The summed E-state index contributed by atoms with van der Waals surface area (Å²) in [7, 11) is 1.58. The first-order valence-corrected chi connectivity index (χ1v) is 12.9. The Morgan fingerprint density at radius 1 is 1.10 bits per heavy atom. The van der Waals surface area contributed by atoms with Crippen molar-refractivity contribution in [3.63, 3.8) is 0 Å². The normalized spacial score (nSPS) is 12.9. The van der Waals surface area contributed by atoms with Gasteiger partial charge in [-0.3, -0.25) is 25.8 Å². The third kappa shape index (κ3) is 6.88. The number of nitrogens with one attached hydrogen (secondary N) is 5. The third-order valence-electron chi connectivity index (χ3n) is 5.58. The summed E-state index contributed by atoms with van der Waals surface area (Å²) in [6, 6.07) is 5.19. The molecule has 1 aromatic carbocycles. The van der Waals surface area contributed by atoms with Crippen molar-refractivity contribution in [2.24, 2.45) is 0 Å². The Morgan fingerprint density at radius 3 is 2.54 bits per heavy atom. The molecule has 14 nitrogen and oxygen atoms in total. The molecule has 2 aromatic heterocycles. The number of anilines is 5. The van der Waals surface area contributed by atoms with E-state index in [1.165, 1.54) is 6.20 Å². The fourth-order valence-electron chi connectivity index (χ4n) is 3.55. The Hall–Kier alpha value is -4.50. The summed E-state index contributed by atoms with van der Waals surface area (Å²) in [6.45, 7) is 7.17. The van der Waals surface area contributed by atoms with E-state index in [0.29, 0.717) is 52.8 Å². The maximum absolute atomic E-state index is 12.8. The van der Waals surface area contributed by atoms with Gasteiger partial charge in [0.2, 0.25) is 17.8 Å². The van der Waals surface area contributed by atoms with Gasteiger partial charge in [0, 0.05) is 33.2 Å². The highest BCUT2D eigenvalue weighted by Gasteiger charge is 2.23. The zero-order valence-electron chi connectivity index (χ0n) is 21.1. The van der Waals surface area contributed by atoms with Gasteiger partial charge in [0.05, 0.1) is 16.9 Å². The van der Waals surface area contributed by atoms with Gasteiger partial charge >= 0.3 is 6.03 Å². The summed E-state index contributed by atoms with van der Waals surface area (Å²) in [4.78, 5) is 57.7. The Morgan fingerprint density at radius 2 is 1.85 bits per heavy atom. The molecule has 4 amide bonds. The number of urea groups is 1. The van der Waals surface area contributed by atoms with Gasteiger partial charge in [-0.25, -0.2) is 9.78 Å². The molecule has 3 aromatic rings. The molecule has 0 spiro atoms. The molecular weight excluding hydrogens is 546 g/mol. The second-order valence-electron chi connectivity index (χ2n) is 8.17. The van der Waals surface area contributed by atoms with E-state index in [4.69, 9.17) is 11.6 Å². The zero-order valence-corrected chi connectivity index (χ0v) is 22.7. The van der Waals surface area contributed by atoms with Crippen molar-refractivity contribution in [1.82, 2.24) is 35.6 Å². The van der Waals surface area contributed by atoms with Crippen LogP contribution in [-0.4, -0.2) is 75.9 Å². The van der Waals surface area contributed by atoms with Crippen LogP contribution in [0.2, 0.25) is 5.02 Å². The topological polar surface area (TPSA) is 169 Å². The number of benzene rings is 1. The number of piperazine rings is 1. The number of nitrogens with zero attached hydrogens (tertiary/aromatic N) is 6. The molecule has 1 aliphatic rings. The number of carbonyl (C=O) groups is 3. The first-order chi connectivity index (χ1) is 18.8. The number of thiazole rings is 1. The molecule has 0 atom stereocenters. The number of hydrazine groups is 1. The number of aromatic nitrogens is 4. The van der Waals surface area contributed by atoms with E-state index in [9.17, 15) is 14.4 Å². The molecule has 0 aliphatic carbocycles. The lowest BCUT2D eigenvalue weighted by molar-refractivity contribution is -0.116. The standard InChI is InChI=1S/C23H26ClN11O3S/c1-4-16(36)32-33-20-28-19(29-21(30-20)34-8-10-35(11-9-34)23(38)25-3)31-22-26-12-15(39-22)18(37)27-17-13(2)6-5-7-14(17)24/h4-7,12H,1,8-11H2,2-3H3,(H,25,38)(H,27,37)(H,32,36)(H2,26,28,29,30,31,33). The molecule has 39 heavy (non-hydrogen) atoms. The van der Waals surface area contributed by atoms with Crippen LogP contribution in [0.25, 0.3) is 0 Å². The summed E-state index contributed by atoms with van der Waals surface area (Å²) in [5, 5.41) is 9.21. The van der Waals surface area contributed by atoms with Crippen molar-refractivity contribution in [1.29, 1.82) is 0 Å². The predicted octanol–water partition coefficient (Wildman–Crippen LogP) is 2.38. The summed E-state index contributed by atoms with van der Waals surface area (Å²) in [6.07, 6.45) is 2.52. The highest BCUT2D eigenvalue weighted by molar-refractivity contribution is 7.17. The minimum Gasteiger partial charge on any atom is -0.341 e. The Labute approximate surface area is 232 Å². The highest BCUT2D eigenvalue weighted by Crippen LogP contribution is 2.28. The second-order valence-corrected chi connectivity index (χ2v) is 9.61. The van der Waals surface area contributed by atoms with E-state index < -0.39 is 5.91 Å². The van der Waals surface area contributed by atoms with Gasteiger partial charge in [0.1, 0.15) is 4.88 Å². The fraction of sp³-hybridized carbons (Fsp3) is 0.261. The number of hydrogen-bond donors (Lipinski definition) is 5. The minimum absolute atomic E-state index is 0.0650. The number of hydrogen-bond acceptors (Lipinski definition) is 11.